The van der Waals surface area contributed by atoms with Gasteiger partial charge in [-0.15, -0.1) is 5.10 Å². The van der Waals surface area contributed by atoms with E-state index in [1.54, 1.807) is 16.7 Å². The third kappa shape index (κ3) is 5.04. The van der Waals surface area contributed by atoms with Gasteiger partial charge >= 0.3 is 5.97 Å². The molecule has 0 spiro atoms. The fourth-order valence-electron chi connectivity index (χ4n) is 4.47. The number of rotatable bonds is 7. The van der Waals surface area contributed by atoms with E-state index in [2.05, 4.69) is 31.9 Å². The number of aryl methyl sites for hydroxylation is 1. The van der Waals surface area contributed by atoms with Gasteiger partial charge in [-0.05, 0) is 42.4 Å². The number of methoxy groups -OCH3 is 1. The number of esters is 1. The number of aromatic nitrogens is 4. The van der Waals surface area contributed by atoms with Crippen LogP contribution in [-0.4, -0.2) is 45.8 Å². The number of allylic oxidation sites excluding steroid dienone is 4. The van der Waals surface area contributed by atoms with E-state index in [0.717, 1.165) is 59.7 Å². The third-order valence-corrected chi connectivity index (χ3v) is 6.70. The molecule has 4 rings (SSSR count). The summed E-state index contributed by atoms with van der Waals surface area (Å²) in [6, 6.07) is 8.02. The number of hydrogen-bond donors (Lipinski definition) is 0. The first kappa shape index (κ1) is 24.4. The maximum Gasteiger partial charge on any atom is 0.310 e. The summed E-state index contributed by atoms with van der Waals surface area (Å²) in [6.07, 6.45) is 7.71. The highest BCUT2D eigenvalue weighted by Gasteiger charge is 2.30. The van der Waals surface area contributed by atoms with Gasteiger partial charge in [0.1, 0.15) is 5.82 Å². The molecular weight excluding hydrogens is 438 g/mol. The van der Waals surface area contributed by atoms with Crippen molar-refractivity contribution in [1.29, 1.82) is 0 Å². The molecule has 0 amide bonds. The quantitative estimate of drug-likeness (QED) is 0.348. The molecule has 0 unspecified atom stereocenters. The molecule has 35 heavy (non-hydrogen) atoms. The van der Waals surface area contributed by atoms with Crippen molar-refractivity contribution in [2.45, 2.75) is 40.0 Å². The van der Waals surface area contributed by atoms with Crippen molar-refractivity contribution in [2.75, 3.05) is 25.1 Å². The Morgan fingerprint density at radius 3 is 2.60 bits per heavy atom. The third-order valence-electron chi connectivity index (χ3n) is 6.70. The second-order valence-electron chi connectivity index (χ2n) is 9.69. The number of carbonyl (C=O) groups excluding carboxylic acids is 1. The molecule has 0 N–H and O–H groups in total. The lowest BCUT2D eigenvalue weighted by molar-refractivity contribution is -0.139. The molecule has 0 saturated carbocycles. The molecule has 3 heterocycles. The number of fused-ring (bicyclic) bond motifs is 1. The van der Waals surface area contributed by atoms with Crippen LogP contribution in [0.25, 0.3) is 22.7 Å². The Morgan fingerprint density at radius 1 is 1.20 bits per heavy atom. The second kappa shape index (κ2) is 9.86. The van der Waals surface area contributed by atoms with E-state index >= 15 is 0 Å². The summed E-state index contributed by atoms with van der Waals surface area (Å²) < 4.78 is 6.78. The SMILES string of the molecule is C=C/C=C(\C=C)c1cccc(-c2nc3nc(C)c(CC(=O)OC)c(N4CCC(C)(C)CC4)n3n2)c1. The molecule has 1 aliphatic rings. The monoisotopic (exact) mass is 471 g/mol. The lowest BCUT2D eigenvalue weighted by atomic mass is 9.82. The van der Waals surface area contributed by atoms with Crippen molar-refractivity contribution in [1.82, 2.24) is 19.6 Å². The topological polar surface area (TPSA) is 72.6 Å². The molecule has 2 aromatic heterocycles. The molecule has 0 atom stereocenters. The summed E-state index contributed by atoms with van der Waals surface area (Å²) in [7, 11) is 1.41. The van der Waals surface area contributed by atoms with Crippen molar-refractivity contribution in [2.24, 2.45) is 5.41 Å². The maximum absolute atomic E-state index is 12.3. The van der Waals surface area contributed by atoms with Gasteiger partial charge in [0.05, 0.1) is 13.5 Å². The lowest BCUT2D eigenvalue weighted by Gasteiger charge is -2.38. The van der Waals surface area contributed by atoms with Crippen LogP contribution in [0.2, 0.25) is 0 Å². The van der Waals surface area contributed by atoms with E-state index in [1.807, 2.05) is 37.3 Å². The molecule has 182 valence electrons. The maximum atomic E-state index is 12.3. The molecule has 0 bridgehead atoms. The van der Waals surface area contributed by atoms with E-state index in [0.29, 0.717) is 11.6 Å². The summed E-state index contributed by atoms with van der Waals surface area (Å²) in [5.74, 6) is 1.67. The molecule has 7 heteroatoms. The van der Waals surface area contributed by atoms with E-state index in [9.17, 15) is 4.79 Å². The number of benzene rings is 1. The molecule has 7 nitrogen and oxygen atoms in total. The number of nitrogens with zero attached hydrogens (tertiary/aromatic N) is 5. The first-order chi connectivity index (χ1) is 16.8. The Balaban J connectivity index is 1.85. The average molecular weight is 472 g/mol. The molecule has 1 aliphatic heterocycles. The average Bonchev–Trinajstić information content (AvgIpc) is 3.26. The first-order valence-electron chi connectivity index (χ1n) is 11.9. The van der Waals surface area contributed by atoms with Crippen molar-refractivity contribution >= 4 is 23.1 Å². The van der Waals surface area contributed by atoms with Gasteiger partial charge in [0.15, 0.2) is 5.82 Å². The standard InChI is InChI=1S/C28H33N5O2/c1-7-10-20(8-2)21-11-9-12-22(17-21)25-30-27-29-19(3)23(18-24(34)35-6)26(33(27)31-25)32-15-13-28(4,5)14-16-32/h7-12,17H,1-2,13-16,18H2,3-6H3/b20-10+. The summed E-state index contributed by atoms with van der Waals surface area (Å²) in [5.41, 5.74) is 4.73. The van der Waals surface area contributed by atoms with Gasteiger partial charge in [-0.25, -0.2) is 4.98 Å². The van der Waals surface area contributed by atoms with Crippen LogP contribution in [0, 0.1) is 12.3 Å². The van der Waals surface area contributed by atoms with Crippen molar-refractivity contribution in [3.8, 4) is 11.4 Å². The van der Waals surface area contributed by atoms with Gasteiger partial charge in [0, 0.05) is 29.9 Å². The largest absolute Gasteiger partial charge is 0.469 e. The zero-order chi connectivity index (χ0) is 25.2. The van der Waals surface area contributed by atoms with Crippen LogP contribution in [-0.2, 0) is 16.0 Å². The van der Waals surface area contributed by atoms with E-state index in [4.69, 9.17) is 19.8 Å². The summed E-state index contributed by atoms with van der Waals surface area (Å²) >= 11 is 0. The van der Waals surface area contributed by atoms with Crippen LogP contribution >= 0.6 is 0 Å². The molecule has 1 aromatic carbocycles. The van der Waals surface area contributed by atoms with Crippen LogP contribution in [0.5, 0.6) is 0 Å². The predicted octanol–water partition coefficient (Wildman–Crippen LogP) is 5.20. The van der Waals surface area contributed by atoms with Crippen LogP contribution < -0.4 is 4.90 Å². The highest BCUT2D eigenvalue weighted by Crippen LogP contribution is 2.35. The Morgan fingerprint density at radius 2 is 1.94 bits per heavy atom. The fraction of sp³-hybridized carbons (Fsp3) is 0.357. The van der Waals surface area contributed by atoms with Gasteiger partial charge in [-0.1, -0.05) is 63.4 Å². The van der Waals surface area contributed by atoms with Crippen molar-refractivity contribution in [3.05, 3.63) is 72.5 Å². The van der Waals surface area contributed by atoms with Gasteiger partial charge in [0.2, 0.25) is 0 Å². The van der Waals surface area contributed by atoms with E-state index < -0.39 is 0 Å². The Kier molecular flexibility index (Phi) is 6.87. The zero-order valence-electron chi connectivity index (χ0n) is 21.0. The fourth-order valence-corrected chi connectivity index (χ4v) is 4.47. The molecule has 1 fully saturated rings. The minimum absolute atomic E-state index is 0.139. The normalized spacial score (nSPS) is 15.8. The number of carbonyl (C=O) groups is 1. The summed E-state index contributed by atoms with van der Waals surface area (Å²) in [4.78, 5) is 24.1. The molecule has 0 aliphatic carbocycles. The summed E-state index contributed by atoms with van der Waals surface area (Å²) in [6.45, 7) is 16.0. The highest BCUT2D eigenvalue weighted by molar-refractivity contribution is 5.78. The van der Waals surface area contributed by atoms with Crippen LogP contribution in [0.15, 0.2) is 55.7 Å². The minimum atomic E-state index is -0.299. The number of ether oxygens (including phenoxy) is 1. The molecule has 1 saturated heterocycles. The van der Waals surface area contributed by atoms with Crippen molar-refractivity contribution < 1.29 is 9.53 Å². The number of anilines is 1. The van der Waals surface area contributed by atoms with Gasteiger partial charge in [0.25, 0.3) is 5.78 Å². The second-order valence-corrected chi connectivity index (χ2v) is 9.69. The number of hydrogen-bond acceptors (Lipinski definition) is 6. The Bertz CT molecular complexity index is 1310. The molecular formula is C28H33N5O2. The van der Waals surface area contributed by atoms with Gasteiger partial charge in [-0.3, -0.25) is 4.79 Å². The lowest BCUT2D eigenvalue weighted by Crippen LogP contribution is -2.39. The smallest absolute Gasteiger partial charge is 0.310 e. The van der Waals surface area contributed by atoms with Crippen LogP contribution in [0.1, 0.15) is 43.5 Å². The molecule has 0 radical (unpaired) electrons. The van der Waals surface area contributed by atoms with Crippen molar-refractivity contribution in [3.63, 3.8) is 0 Å². The van der Waals surface area contributed by atoms with Crippen LogP contribution in [0.3, 0.4) is 0 Å². The predicted molar refractivity (Wildman–Crippen MR) is 140 cm³/mol. The number of piperidine rings is 1. The zero-order valence-corrected chi connectivity index (χ0v) is 21.0. The van der Waals surface area contributed by atoms with E-state index in [-0.39, 0.29) is 17.8 Å². The Labute approximate surface area is 206 Å². The highest BCUT2D eigenvalue weighted by atomic mass is 16.5. The molecule has 3 aromatic rings. The minimum Gasteiger partial charge on any atom is -0.469 e. The van der Waals surface area contributed by atoms with Crippen LogP contribution in [0.4, 0.5) is 5.82 Å². The Hall–Kier alpha value is -3.74. The van der Waals surface area contributed by atoms with E-state index in [1.165, 1.54) is 7.11 Å². The first-order valence-corrected chi connectivity index (χ1v) is 11.9. The van der Waals surface area contributed by atoms with Gasteiger partial charge < -0.3 is 9.64 Å². The summed E-state index contributed by atoms with van der Waals surface area (Å²) in [5, 5.41) is 4.89. The van der Waals surface area contributed by atoms with Gasteiger partial charge in [-0.2, -0.15) is 9.50 Å².